The lowest BCUT2D eigenvalue weighted by Gasteiger charge is -2.24. The van der Waals surface area contributed by atoms with Crippen molar-refractivity contribution in [2.24, 2.45) is 11.8 Å². The monoisotopic (exact) mass is 460 g/mol. The highest BCUT2D eigenvalue weighted by Gasteiger charge is 2.30. The zero-order valence-electron chi connectivity index (χ0n) is 18.8. The Bertz CT molecular complexity index is 662. The lowest BCUT2D eigenvalue weighted by Crippen LogP contribution is -2.45. The van der Waals surface area contributed by atoms with Crippen LogP contribution in [0.25, 0.3) is 0 Å². The number of hydrogen-bond donors (Lipinski definition) is 1. The van der Waals surface area contributed by atoms with E-state index in [2.05, 4.69) is 41.3 Å². The van der Waals surface area contributed by atoms with Crippen LogP contribution in [0.15, 0.2) is 9.64 Å². The van der Waals surface area contributed by atoms with E-state index in [1.807, 2.05) is 13.8 Å². The summed E-state index contributed by atoms with van der Waals surface area (Å²) in [5, 5.41) is 11.3. The summed E-state index contributed by atoms with van der Waals surface area (Å²) >= 11 is 1.45. The van der Waals surface area contributed by atoms with Crippen LogP contribution < -0.4 is 5.32 Å². The predicted molar refractivity (Wildman–Crippen MR) is 122 cm³/mol. The van der Waals surface area contributed by atoms with Crippen molar-refractivity contribution in [3.05, 3.63) is 5.89 Å². The zero-order chi connectivity index (χ0) is 21.4. The van der Waals surface area contributed by atoms with Crippen LogP contribution in [0.5, 0.6) is 0 Å². The molecule has 0 saturated heterocycles. The SMILES string of the molecule is CC(C)CC(NC(=O)C1CCCCC1)C(=O)c1nnc(SCCN(C)C(C)C)o1.Cl. The summed E-state index contributed by atoms with van der Waals surface area (Å²) < 4.78 is 5.60. The molecule has 0 aromatic carbocycles. The molecule has 172 valence electrons. The van der Waals surface area contributed by atoms with E-state index in [-0.39, 0.29) is 41.8 Å². The summed E-state index contributed by atoms with van der Waals surface area (Å²) in [5.74, 6) is 0.755. The Balaban J connectivity index is 0.00000450. The second kappa shape index (κ2) is 13.3. The molecule has 1 aliphatic rings. The number of nitrogens with one attached hydrogen (secondary N) is 1. The number of rotatable bonds is 11. The average molecular weight is 461 g/mol. The third-order valence-electron chi connectivity index (χ3n) is 5.48. The van der Waals surface area contributed by atoms with Crippen molar-refractivity contribution in [1.82, 2.24) is 20.4 Å². The van der Waals surface area contributed by atoms with E-state index in [0.29, 0.717) is 17.7 Å². The molecule has 30 heavy (non-hydrogen) atoms. The van der Waals surface area contributed by atoms with Crippen LogP contribution in [-0.4, -0.2) is 58.2 Å². The lowest BCUT2D eigenvalue weighted by molar-refractivity contribution is -0.126. The van der Waals surface area contributed by atoms with Crippen LogP contribution in [0, 0.1) is 11.8 Å². The molecule has 1 aromatic heterocycles. The van der Waals surface area contributed by atoms with Crippen LogP contribution in [0.4, 0.5) is 0 Å². The van der Waals surface area contributed by atoms with Crippen molar-refractivity contribution in [2.45, 2.75) is 83.5 Å². The summed E-state index contributed by atoms with van der Waals surface area (Å²) in [6, 6.07) is -0.144. The molecule has 1 atom stereocenters. The first kappa shape index (κ1) is 26.9. The maximum Gasteiger partial charge on any atom is 0.286 e. The fraction of sp³-hybridized carbons (Fsp3) is 0.810. The summed E-state index contributed by atoms with van der Waals surface area (Å²) in [6.07, 6.45) is 5.71. The van der Waals surface area contributed by atoms with Crippen molar-refractivity contribution >= 4 is 35.9 Å². The van der Waals surface area contributed by atoms with Crippen molar-refractivity contribution in [1.29, 1.82) is 0 Å². The fourth-order valence-corrected chi connectivity index (χ4v) is 4.20. The maximum atomic E-state index is 13.0. The van der Waals surface area contributed by atoms with Gasteiger partial charge in [0.15, 0.2) is 0 Å². The minimum absolute atomic E-state index is 0. The largest absolute Gasteiger partial charge is 0.408 e. The summed E-state index contributed by atoms with van der Waals surface area (Å²) in [7, 11) is 2.07. The van der Waals surface area contributed by atoms with Crippen molar-refractivity contribution in [3.63, 3.8) is 0 Å². The smallest absolute Gasteiger partial charge is 0.286 e. The van der Waals surface area contributed by atoms with Gasteiger partial charge in [-0.05, 0) is 46.1 Å². The van der Waals surface area contributed by atoms with Gasteiger partial charge in [0.25, 0.3) is 11.1 Å². The van der Waals surface area contributed by atoms with Gasteiger partial charge in [0, 0.05) is 24.3 Å². The Kier molecular flexibility index (Phi) is 12.0. The van der Waals surface area contributed by atoms with Gasteiger partial charge >= 0.3 is 0 Å². The number of nitrogens with zero attached hydrogens (tertiary/aromatic N) is 3. The molecule has 1 aliphatic carbocycles. The minimum atomic E-state index is -0.616. The van der Waals surface area contributed by atoms with Crippen molar-refractivity contribution in [2.75, 3.05) is 19.3 Å². The Morgan fingerprint density at radius 1 is 1.17 bits per heavy atom. The molecule has 1 aromatic rings. The van der Waals surface area contributed by atoms with E-state index in [0.717, 1.165) is 38.0 Å². The molecule has 0 spiro atoms. The standard InChI is InChI=1S/C21H36N4O3S.ClH/c1-14(2)13-17(22-19(27)16-9-7-6-8-10-16)18(26)20-23-24-21(28-20)29-12-11-25(5)15(3)4;/h14-17H,6-13H2,1-5H3,(H,22,27);1H. The van der Waals surface area contributed by atoms with Gasteiger partial charge in [-0.2, -0.15) is 0 Å². The Morgan fingerprint density at radius 3 is 2.43 bits per heavy atom. The number of halogens is 1. The lowest BCUT2D eigenvalue weighted by atomic mass is 9.88. The molecule has 1 fully saturated rings. The molecule has 9 heteroatoms. The van der Waals surface area contributed by atoms with E-state index in [9.17, 15) is 9.59 Å². The van der Waals surface area contributed by atoms with Gasteiger partial charge in [0.05, 0.1) is 6.04 Å². The van der Waals surface area contributed by atoms with Crippen LogP contribution in [-0.2, 0) is 4.79 Å². The molecule has 1 N–H and O–H groups in total. The third-order valence-corrected chi connectivity index (χ3v) is 6.28. The number of carbonyl (C=O) groups is 2. The van der Waals surface area contributed by atoms with E-state index >= 15 is 0 Å². The maximum absolute atomic E-state index is 13.0. The molecule has 1 saturated carbocycles. The van der Waals surface area contributed by atoms with Crippen LogP contribution >= 0.6 is 24.2 Å². The van der Waals surface area contributed by atoms with Crippen LogP contribution in [0.3, 0.4) is 0 Å². The average Bonchev–Trinajstić information content (AvgIpc) is 3.15. The normalized spacial score (nSPS) is 16.0. The van der Waals surface area contributed by atoms with Crippen molar-refractivity contribution < 1.29 is 14.0 Å². The highest BCUT2D eigenvalue weighted by atomic mass is 35.5. The Morgan fingerprint density at radius 2 is 1.83 bits per heavy atom. The summed E-state index contributed by atoms with van der Waals surface area (Å²) in [4.78, 5) is 27.8. The number of amides is 1. The molecule has 0 aliphatic heterocycles. The van der Waals surface area contributed by atoms with Crippen LogP contribution in [0.1, 0.15) is 76.9 Å². The van der Waals surface area contributed by atoms with Gasteiger partial charge < -0.3 is 14.6 Å². The van der Waals surface area contributed by atoms with Gasteiger partial charge in [-0.1, -0.05) is 44.9 Å². The number of thioether (sulfide) groups is 1. The molecule has 1 unspecified atom stereocenters. The quantitative estimate of drug-likeness (QED) is 0.390. The number of ketones is 1. The molecular weight excluding hydrogens is 424 g/mol. The van der Waals surface area contributed by atoms with E-state index in [1.54, 1.807) is 0 Å². The number of Topliss-reactive ketones (excluding diaryl/α,β-unsaturated/α-hetero) is 1. The fourth-order valence-electron chi connectivity index (χ4n) is 3.41. The number of hydrogen-bond acceptors (Lipinski definition) is 7. The first-order valence-corrected chi connectivity index (χ1v) is 11.8. The number of aromatic nitrogens is 2. The van der Waals surface area contributed by atoms with Crippen LogP contribution in [0.2, 0.25) is 0 Å². The number of carbonyl (C=O) groups excluding carboxylic acids is 2. The molecule has 0 bridgehead atoms. The molecule has 1 amide bonds. The van der Waals surface area contributed by atoms with Gasteiger partial charge in [-0.15, -0.1) is 22.6 Å². The summed E-state index contributed by atoms with van der Waals surface area (Å²) in [6.45, 7) is 9.25. The van der Waals surface area contributed by atoms with Gasteiger partial charge in [0.2, 0.25) is 11.7 Å². The molecule has 0 radical (unpaired) electrons. The van der Waals surface area contributed by atoms with E-state index < -0.39 is 6.04 Å². The molecule has 7 nitrogen and oxygen atoms in total. The Hall–Kier alpha value is -1.12. The second-order valence-corrected chi connectivity index (χ2v) is 9.73. The molecule has 2 rings (SSSR count). The first-order chi connectivity index (χ1) is 13.8. The minimum Gasteiger partial charge on any atom is -0.408 e. The van der Waals surface area contributed by atoms with E-state index in [4.69, 9.17) is 4.42 Å². The Labute approximate surface area is 190 Å². The van der Waals surface area contributed by atoms with Gasteiger partial charge in [0.1, 0.15) is 0 Å². The highest BCUT2D eigenvalue weighted by Crippen LogP contribution is 2.24. The highest BCUT2D eigenvalue weighted by molar-refractivity contribution is 7.99. The zero-order valence-corrected chi connectivity index (χ0v) is 20.5. The van der Waals surface area contributed by atoms with Gasteiger partial charge in [-0.3, -0.25) is 9.59 Å². The third kappa shape index (κ3) is 8.55. The molecular formula is C21H37ClN4O3S. The molecule has 1 heterocycles. The first-order valence-electron chi connectivity index (χ1n) is 10.8. The van der Waals surface area contributed by atoms with E-state index in [1.165, 1.54) is 18.2 Å². The topological polar surface area (TPSA) is 88.3 Å². The second-order valence-electron chi connectivity index (χ2n) is 8.69. The summed E-state index contributed by atoms with van der Waals surface area (Å²) in [5.41, 5.74) is 0. The predicted octanol–water partition coefficient (Wildman–Crippen LogP) is 4.22. The van der Waals surface area contributed by atoms with Crippen molar-refractivity contribution in [3.8, 4) is 0 Å². The van der Waals surface area contributed by atoms with Gasteiger partial charge in [-0.25, -0.2) is 0 Å².